The van der Waals surface area contributed by atoms with Gasteiger partial charge in [0.05, 0.1) is 11.9 Å². The van der Waals surface area contributed by atoms with Crippen molar-refractivity contribution in [2.45, 2.75) is 52.1 Å². The molecule has 0 aliphatic heterocycles. The average Bonchev–Trinajstić information content (AvgIpc) is 3.20. The highest BCUT2D eigenvalue weighted by atomic mass is 19.1. The molecule has 0 saturated heterocycles. The summed E-state index contributed by atoms with van der Waals surface area (Å²) in [6.45, 7) is 3.20. The van der Waals surface area contributed by atoms with Crippen LogP contribution >= 0.6 is 0 Å². The van der Waals surface area contributed by atoms with Gasteiger partial charge in [-0.05, 0) is 51.0 Å². The molecule has 34 heavy (non-hydrogen) atoms. The number of ether oxygens (including phenoxy) is 1. The van der Waals surface area contributed by atoms with Crippen LogP contribution in [0.1, 0.15) is 56.4 Å². The fourth-order valence-electron chi connectivity index (χ4n) is 3.96. The SMILES string of the molecule is Cc1noc(-c2ccc(NC(=O)C3CCCCC3)cn2)c1NC(=O)O[C@@H](C)c1cccnc1F. The lowest BCUT2D eigenvalue weighted by Gasteiger charge is -2.20. The van der Waals surface area contributed by atoms with Crippen LogP contribution in [0, 0.1) is 18.8 Å². The number of carbonyl (C=O) groups excluding carboxylic acids is 2. The number of aromatic nitrogens is 3. The van der Waals surface area contributed by atoms with Gasteiger partial charge in [0, 0.05) is 17.7 Å². The van der Waals surface area contributed by atoms with E-state index < -0.39 is 18.1 Å². The Bertz CT molecular complexity index is 1160. The highest BCUT2D eigenvalue weighted by molar-refractivity contribution is 5.93. The molecule has 1 aliphatic rings. The van der Waals surface area contributed by atoms with Crippen molar-refractivity contribution in [3.63, 3.8) is 0 Å². The maximum absolute atomic E-state index is 13.9. The van der Waals surface area contributed by atoms with Crippen LogP contribution in [0.25, 0.3) is 11.5 Å². The molecule has 1 atom stereocenters. The maximum Gasteiger partial charge on any atom is 0.412 e. The minimum absolute atomic E-state index is 0.00836. The quantitative estimate of drug-likeness (QED) is 0.465. The molecular weight excluding hydrogens is 441 g/mol. The zero-order valence-corrected chi connectivity index (χ0v) is 19.0. The van der Waals surface area contributed by atoms with Gasteiger partial charge in [-0.3, -0.25) is 15.1 Å². The molecule has 3 aromatic heterocycles. The Morgan fingerprint density at radius 3 is 2.65 bits per heavy atom. The highest BCUT2D eigenvalue weighted by Gasteiger charge is 2.23. The van der Waals surface area contributed by atoms with Crippen LogP contribution in [0.2, 0.25) is 0 Å². The largest absolute Gasteiger partial charge is 0.441 e. The van der Waals surface area contributed by atoms with E-state index in [2.05, 4.69) is 25.8 Å². The fourth-order valence-corrected chi connectivity index (χ4v) is 3.96. The van der Waals surface area contributed by atoms with Gasteiger partial charge in [0.1, 0.15) is 23.2 Å². The van der Waals surface area contributed by atoms with Crippen LogP contribution in [0.4, 0.5) is 20.6 Å². The van der Waals surface area contributed by atoms with Crippen molar-refractivity contribution in [3.8, 4) is 11.5 Å². The van der Waals surface area contributed by atoms with Gasteiger partial charge in [0.2, 0.25) is 17.6 Å². The molecule has 9 nitrogen and oxygen atoms in total. The number of hydrogen-bond acceptors (Lipinski definition) is 7. The molecule has 1 saturated carbocycles. The van der Waals surface area contributed by atoms with E-state index in [0.29, 0.717) is 17.1 Å². The Balaban J connectivity index is 1.42. The maximum atomic E-state index is 13.9. The lowest BCUT2D eigenvalue weighted by atomic mass is 9.88. The number of pyridine rings is 2. The van der Waals surface area contributed by atoms with Crippen molar-refractivity contribution >= 4 is 23.4 Å². The van der Waals surface area contributed by atoms with Crippen molar-refractivity contribution in [2.75, 3.05) is 10.6 Å². The van der Waals surface area contributed by atoms with Crippen LogP contribution in [0.3, 0.4) is 0 Å². The summed E-state index contributed by atoms with van der Waals surface area (Å²) in [5.74, 6) is -0.423. The number of rotatable bonds is 6. The van der Waals surface area contributed by atoms with E-state index in [-0.39, 0.29) is 28.8 Å². The van der Waals surface area contributed by atoms with Crippen LogP contribution in [0.15, 0.2) is 41.2 Å². The minimum Gasteiger partial charge on any atom is -0.441 e. The van der Waals surface area contributed by atoms with Crippen LogP contribution in [-0.4, -0.2) is 27.1 Å². The van der Waals surface area contributed by atoms with E-state index in [0.717, 1.165) is 25.7 Å². The van der Waals surface area contributed by atoms with E-state index >= 15 is 0 Å². The van der Waals surface area contributed by atoms with Gasteiger partial charge in [-0.15, -0.1) is 0 Å². The highest BCUT2D eigenvalue weighted by Crippen LogP contribution is 2.31. The molecule has 2 N–H and O–H groups in total. The molecule has 0 bridgehead atoms. The number of aryl methyl sites for hydroxylation is 1. The van der Waals surface area contributed by atoms with Crippen molar-refractivity contribution in [3.05, 3.63) is 53.9 Å². The van der Waals surface area contributed by atoms with Crippen molar-refractivity contribution < 1.29 is 23.2 Å². The van der Waals surface area contributed by atoms with Gasteiger partial charge in [0.25, 0.3) is 0 Å². The lowest BCUT2D eigenvalue weighted by molar-refractivity contribution is -0.120. The molecule has 0 spiro atoms. The number of hydrogen-bond donors (Lipinski definition) is 2. The third kappa shape index (κ3) is 5.38. The van der Waals surface area contributed by atoms with Crippen molar-refractivity contribution in [1.82, 2.24) is 15.1 Å². The number of nitrogens with zero attached hydrogens (tertiary/aromatic N) is 3. The zero-order valence-electron chi connectivity index (χ0n) is 19.0. The predicted octanol–water partition coefficient (Wildman–Crippen LogP) is 5.41. The van der Waals surface area contributed by atoms with Gasteiger partial charge in [-0.1, -0.05) is 24.4 Å². The molecule has 3 heterocycles. The zero-order chi connectivity index (χ0) is 24.1. The fraction of sp³-hybridized carbons (Fsp3) is 0.375. The molecule has 0 aromatic carbocycles. The third-order valence-corrected chi connectivity index (χ3v) is 5.84. The van der Waals surface area contributed by atoms with E-state index in [4.69, 9.17) is 9.26 Å². The van der Waals surface area contributed by atoms with E-state index in [1.807, 2.05) is 0 Å². The second-order valence-electron chi connectivity index (χ2n) is 8.28. The number of amides is 2. The van der Waals surface area contributed by atoms with Crippen molar-refractivity contribution in [2.24, 2.45) is 5.92 Å². The molecule has 10 heteroatoms. The Kier molecular flexibility index (Phi) is 7.15. The van der Waals surface area contributed by atoms with Gasteiger partial charge < -0.3 is 14.6 Å². The minimum atomic E-state index is -0.859. The summed E-state index contributed by atoms with van der Waals surface area (Å²) >= 11 is 0. The number of halogens is 1. The van der Waals surface area contributed by atoms with Gasteiger partial charge >= 0.3 is 6.09 Å². The molecule has 2 amide bonds. The average molecular weight is 468 g/mol. The van der Waals surface area contributed by atoms with Gasteiger partial charge in [0.15, 0.2) is 0 Å². The van der Waals surface area contributed by atoms with E-state index in [1.165, 1.54) is 24.9 Å². The summed E-state index contributed by atoms with van der Waals surface area (Å²) in [4.78, 5) is 32.8. The second-order valence-corrected chi connectivity index (χ2v) is 8.28. The normalized spacial score (nSPS) is 14.9. The predicted molar refractivity (Wildman–Crippen MR) is 122 cm³/mol. The van der Waals surface area contributed by atoms with E-state index in [1.54, 1.807) is 32.0 Å². The molecule has 4 rings (SSSR count). The first kappa shape index (κ1) is 23.3. The Labute approximate surface area is 196 Å². The molecule has 0 radical (unpaired) electrons. The van der Waals surface area contributed by atoms with Gasteiger partial charge in [-0.2, -0.15) is 4.39 Å². The summed E-state index contributed by atoms with van der Waals surface area (Å²) in [5.41, 5.74) is 1.86. The Morgan fingerprint density at radius 1 is 1.15 bits per heavy atom. The molecule has 0 unspecified atom stereocenters. The van der Waals surface area contributed by atoms with Crippen molar-refractivity contribution in [1.29, 1.82) is 0 Å². The molecule has 3 aromatic rings. The molecule has 178 valence electrons. The summed E-state index contributed by atoms with van der Waals surface area (Å²) in [6, 6.07) is 6.44. The number of nitrogens with one attached hydrogen (secondary N) is 2. The third-order valence-electron chi connectivity index (χ3n) is 5.84. The number of anilines is 2. The molecule has 1 fully saturated rings. The first-order valence-electron chi connectivity index (χ1n) is 11.2. The second kappa shape index (κ2) is 10.4. The van der Waals surface area contributed by atoms with Crippen LogP contribution in [-0.2, 0) is 9.53 Å². The summed E-state index contributed by atoms with van der Waals surface area (Å²) in [6.07, 6.45) is 6.34. The standard InChI is InChI=1S/C24H26FN5O4/c1-14-20(29-24(32)33-15(2)18-9-6-12-26-22(18)25)21(34-30-14)19-11-10-17(13-27-19)28-23(31)16-7-4-3-5-8-16/h6,9-13,15-16H,3-5,7-8H2,1-2H3,(H,28,31)(H,29,32)/t15-/m0/s1. The molecular formula is C24H26FN5O4. The summed E-state index contributed by atoms with van der Waals surface area (Å²) in [7, 11) is 0. The first-order valence-corrected chi connectivity index (χ1v) is 11.2. The van der Waals surface area contributed by atoms with E-state index in [9.17, 15) is 14.0 Å². The van der Waals surface area contributed by atoms with Gasteiger partial charge in [-0.25, -0.2) is 9.78 Å². The molecule has 1 aliphatic carbocycles. The lowest BCUT2D eigenvalue weighted by Crippen LogP contribution is -2.24. The smallest absolute Gasteiger partial charge is 0.412 e. The van der Waals surface area contributed by atoms with Crippen LogP contribution < -0.4 is 10.6 Å². The number of carbonyl (C=O) groups is 2. The Morgan fingerprint density at radius 2 is 1.94 bits per heavy atom. The topological polar surface area (TPSA) is 119 Å². The Hall–Kier alpha value is -3.82. The van der Waals surface area contributed by atoms with Crippen LogP contribution in [0.5, 0.6) is 0 Å². The monoisotopic (exact) mass is 467 g/mol. The summed E-state index contributed by atoms with van der Waals surface area (Å²) in [5, 5.41) is 9.41. The summed E-state index contributed by atoms with van der Waals surface area (Å²) < 4.78 is 24.5. The first-order chi connectivity index (χ1) is 16.4.